The van der Waals surface area contributed by atoms with Crippen molar-refractivity contribution in [3.05, 3.63) is 78.3 Å². The summed E-state index contributed by atoms with van der Waals surface area (Å²) < 4.78 is 37.5. The molecule has 0 aliphatic rings. The number of anilines is 1. The Bertz CT molecular complexity index is 1120. The molecule has 2 aromatic carbocycles. The highest BCUT2D eigenvalue weighted by atomic mass is 32.2. The van der Waals surface area contributed by atoms with E-state index in [4.69, 9.17) is 14.4 Å². The second kappa shape index (κ2) is 9.05. The lowest BCUT2D eigenvalue weighted by Gasteiger charge is -2.09. The number of hydrogen-bond acceptors (Lipinski definition) is 6. The zero-order valence-corrected chi connectivity index (χ0v) is 16.0. The number of nitriles is 1. The van der Waals surface area contributed by atoms with Gasteiger partial charge in [0, 0.05) is 5.69 Å². The number of rotatable bonds is 8. The van der Waals surface area contributed by atoms with E-state index >= 15 is 0 Å². The lowest BCUT2D eigenvalue weighted by atomic mass is 10.2. The van der Waals surface area contributed by atoms with Gasteiger partial charge in [0.1, 0.15) is 17.6 Å². The fourth-order valence-electron chi connectivity index (χ4n) is 2.41. The average Bonchev–Trinajstić information content (AvgIpc) is 3.25. The molecule has 0 atom stereocenters. The number of carbonyl (C=O) groups excluding carboxylic acids is 1. The summed E-state index contributed by atoms with van der Waals surface area (Å²) in [6.07, 6.45) is 1.46. The number of para-hydroxylation sites is 1. The van der Waals surface area contributed by atoms with Gasteiger partial charge in [-0.05, 0) is 48.5 Å². The Morgan fingerprint density at radius 1 is 1.07 bits per heavy atom. The Hall–Kier alpha value is -3.61. The summed E-state index contributed by atoms with van der Waals surface area (Å²) in [5.41, 5.74) is 0.745. The Balaban J connectivity index is 1.55. The second-order valence-electron chi connectivity index (χ2n) is 5.87. The van der Waals surface area contributed by atoms with Crippen LogP contribution in [0, 0.1) is 11.3 Å². The topological polar surface area (TPSA) is 121 Å². The van der Waals surface area contributed by atoms with Crippen LogP contribution in [0.5, 0.6) is 5.75 Å². The second-order valence-corrected chi connectivity index (χ2v) is 7.64. The number of sulfonamides is 1. The van der Waals surface area contributed by atoms with E-state index in [-0.39, 0.29) is 18.0 Å². The molecule has 9 heteroatoms. The number of benzene rings is 2. The van der Waals surface area contributed by atoms with E-state index in [9.17, 15) is 13.2 Å². The van der Waals surface area contributed by atoms with Crippen LogP contribution in [0.15, 0.2) is 76.2 Å². The van der Waals surface area contributed by atoms with Crippen molar-refractivity contribution in [1.29, 1.82) is 5.26 Å². The van der Waals surface area contributed by atoms with Gasteiger partial charge in [-0.2, -0.15) is 5.26 Å². The van der Waals surface area contributed by atoms with Crippen LogP contribution in [0.3, 0.4) is 0 Å². The smallest absolute Gasteiger partial charge is 0.262 e. The molecule has 0 radical (unpaired) electrons. The predicted molar refractivity (Wildman–Crippen MR) is 104 cm³/mol. The van der Waals surface area contributed by atoms with Crippen molar-refractivity contribution >= 4 is 21.6 Å². The molecular formula is C20H17N3O5S. The van der Waals surface area contributed by atoms with Crippen LogP contribution < -0.4 is 14.8 Å². The number of carbonyl (C=O) groups is 1. The summed E-state index contributed by atoms with van der Waals surface area (Å²) >= 11 is 0. The maximum atomic E-state index is 12.3. The number of nitrogens with zero attached hydrogens (tertiary/aromatic N) is 1. The van der Waals surface area contributed by atoms with Crippen LogP contribution in [-0.4, -0.2) is 20.9 Å². The molecule has 0 bridgehead atoms. The van der Waals surface area contributed by atoms with Crippen LogP contribution in [0.4, 0.5) is 5.69 Å². The van der Waals surface area contributed by atoms with Gasteiger partial charge in [0.15, 0.2) is 6.61 Å². The van der Waals surface area contributed by atoms with Crippen LogP contribution >= 0.6 is 0 Å². The molecule has 0 saturated heterocycles. The van der Waals surface area contributed by atoms with E-state index in [2.05, 4.69) is 10.0 Å². The summed E-state index contributed by atoms with van der Waals surface area (Å²) in [7, 11) is -3.71. The molecular weight excluding hydrogens is 394 g/mol. The summed E-state index contributed by atoms with van der Waals surface area (Å²) in [6, 6.07) is 17.6. The van der Waals surface area contributed by atoms with E-state index in [1.54, 1.807) is 36.4 Å². The monoisotopic (exact) mass is 411 g/mol. The van der Waals surface area contributed by atoms with Crippen molar-refractivity contribution < 1.29 is 22.4 Å². The van der Waals surface area contributed by atoms with Crippen LogP contribution in [0.25, 0.3) is 0 Å². The number of hydrogen-bond donors (Lipinski definition) is 2. The molecule has 0 aliphatic heterocycles. The molecule has 3 aromatic rings. The minimum absolute atomic E-state index is 0.0370. The lowest BCUT2D eigenvalue weighted by molar-refractivity contribution is -0.118. The highest BCUT2D eigenvalue weighted by molar-refractivity contribution is 7.89. The Morgan fingerprint density at radius 2 is 1.83 bits per heavy atom. The van der Waals surface area contributed by atoms with E-state index in [0.29, 0.717) is 22.8 Å². The van der Waals surface area contributed by atoms with Gasteiger partial charge in [-0.25, -0.2) is 13.1 Å². The third-order valence-corrected chi connectivity index (χ3v) is 5.25. The summed E-state index contributed by atoms with van der Waals surface area (Å²) in [4.78, 5) is 12.1. The zero-order chi connectivity index (χ0) is 20.7. The lowest BCUT2D eigenvalue weighted by Crippen LogP contribution is -2.23. The van der Waals surface area contributed by atoms with Crippen LogP contribution in [-0.2, 0) is 21.4 Å². The fraction of sp³-hybridized carbons (Fsp3) is 0.100. The van der Waals surface area contributed by atoms with Gasteiger partial charge in [0.05, 0.1) is 23.3 Å². The SMILES string of the molecule is N#Cc1ccccc1OCC(=O)Nc1ccc(S(=O)(=O)NCc2ccco2)cc1. The Morgan fingerprint density at radius 3 is 2.52 bits per heavy atom. The third kappa shape index (κ3) is 5.44. The first-order valence-corrected chi connectivity index (χ1v) is 10.00. The fourth-order valence-corrected chi connectivity index (χ4v) is 3.40. The van der Waals surface area contributed by atoms with Crippen LogP contribution in [0.1, 0.15) is 11.3 Å². The minimum atomic E-state index is -3.71. The van der Waals surface area contributed by atoms with Gasteiger partial charge in [0.25, 0.3) is 5.91 Å². The van der Waals surface area contributed by atoms with Crippen molar-refractivity contribution in [3.8, 4) is 11.8 Å². The highest BCUT2D eigenvalue weighted by Crippen LogP contribution is 2.17. The molecule has 0 spiro atoms. The highest BCUT2D eigenvalue weighted by Gasteiger charge is 2.14. The molecule has 1 amide bonds. The minimum Gasteiger partial charge on any atom is -0.482 e. The number of amides is 1. The molecule has 0 saturated carbocycles. The van der Waals surface area contributed by atoms with E-state index < -0.39 is 15.9 Å². The number of ether oxygens (including phenoxy) is 1. The maximum Gasteiger partial charge on any atom is 0.262 e. The third-order valence-electron chi connectivity index (χ3n) is 3.83. The first kappa shape index (κ1) is 20.1. The first-order valence-electron chi connectivity index (χ1n) is 8.52. The van der Waals surface area contributed by atoms with Gasteiger partial charge in [-0.3, -0.25) is 4.79 Å². The van der Waals surface area contributed by atoms with Crippen molar-refractivity contribution in [2.24, 2.45) is 0 Å². The number of furan rings is 1. The first-order chi connectivity index (χ1) is 14.0. The average molecular weight is 411 g/mol. The van der Waals surface area contributed by atoms with Gasteiger partial charge in [0.2, 0.25) is 10.0 Å². The largest absolute Gasteiger partial charge is 0.482 e. The molecule has 1 aromatic heterocycles. The summed E-state index contributed by atoms with van der Waals surface area (Å²) in [5.74, 6) is 0.369. The van der Waals surface area contributed by atoms with Crippen molar-refractivity contribution in [1.82, 2.24) is 4.72 Å². The molecule has 8 nitrogen and oxygen atoms in total. The Kier molecular flexibility index (Phi) is 6.29. The van der Waals surface area contributed by atoms with Crippen LogP contribution in [0.2, 0.25) is 0 Å². The summed E-state index contributed by atoms with van der Waals surface area (Å²) in [6.45, 7) is -0.251. The molecule has 0 aliphatic carbocycles. The zero-order valence-electron chi connectivity index (χ0n) is 15.2. The van der Waals surface area contributed by atoms with Gasteiger partial charge in [-0.15, -0.1) is 0 Å². The van der Waals surface area contributed by atoms with Crippen molar-refractivity contribution in [2.45, 2.75) is 11.4 Å². The Labute approximate surface area is 167 Å². The van der Waals surface area contributed by atoms with E-state index in [1.165, 1.54) is 30.5 Å². The van der Waals surface area contributed by atoms with Crippen molar-refractivity contribution in [2.75, 3.05) is 11.9 Å². The molecule has 0 unspecified atom stereocenters. The standard InChI is InChI=1S/C20H17N3O5S/c21-12-15-4-1-2-6-19(15)28-14-20(24)23-16-7-9-18(10-8-16)29(25,26)22-13-17-5-3-11-27-17/h1-11,22H,13-14H2,(H,23,24). The van der Waals surface area contributed by atoms with E-state index in [1.807, 2.05) is 6.07 Å². The normalized spacial score (nSPS) is 10.9. The maximum absolute atomic E-state index is 12.3. The van der Waals surface area contributed by atoms with E-state index in [0.717, 1.165) is 0 Å². The molecule has 3 rings (SSSR count). The van der Waals surface area contributed by atoms with Gasteiger partial charge in [-0.1, -0.05) is 12.1 Å². The molecule has 0 fully saturated rings. The quantitative estimate of drug-likeness (QED) is 0.588. The summed E-state index contributed by atoms with van der Waals surface area (Å²) in [5, 5.41) is 11.6. The molecule has 2 N–H and O–H groups in total. The predicted octanol–water partition coefficient (Wildman–Crippen LogP) is 2.65. The molecule has 148 valence electrons. The van der Waals surface area contributed by atoms with Gasteiger partial charge < -0.3 is 14.5 Å². The molecule has 29 heavy (non-hydrogen) atoms. The van der Waals surface area contributed by atoms with Crippen molar-refractivity contribution in [3.63, 3.8) is 0 Å². The van der Waals surface area contributed by atoms with Gasteiger partial charge >= 0.3 is 0 Å². The molecule has 1 heterocycles. The number of nitrogens with one attached hydrogen (secondary N) is 2.